The van der Waals surface area contributed by atoms with Crippen molar-refractivity contribution in [1.29, 1.82) is 0 Å². The summed E-state index contributed by atoms with van der Waals surface area (Å²) in [6, 6.07) is 0. The van der Waals surface area contributed by atoms with Crippen LogP contribution in [0.5, 0.6) is 0 Å². The lowest BCUT2D eigenvalue weighted by atomic mass is 9.89. The molecule has 1 aliphatic rings. The Morgan fingerprint density at radius 2 is 2.17 bits per heavy atom. The Morgan fingerprint density at radius 3 is 2.75 bits per heavy atom. The largest absolute Gasteiger partial charge is 0.481 e. The molecule has 24 heavy (non-hydrogen) atoms. The van der Waals surface area contributed by atoms with Gasteiger partial charge in [0.2, 0.25) is 5.79 Å². The number of allylic oxidation sites excluding steroid dienone is 4. The minimum atomic E-state index is -1.17. The normalized spacial score (nSPS) is 28.4. The molecule has 3 atom stereocenters. The molecule has 1 fully saturated rings. The lowest BCUT2D eigenvalue weighted by Crippen LogP contribution is -2.50. The van der Waals surface area contributed by atoms with Gasteiger partial charge < -0.3 is 9.84 Å². The van der Waals surface area contributed by atoms with E-state index in [2.05, 4.69) is 32.1 Å². The van der Waals surface area contributed by atoms with Crippen LogP contribution < -0.4 is 0 Å². The summed E-state index contributed by atoms with van der Waals surface area (Å²) in [6.07, 6.45) is 11.0. The van der Waals surface area contributed by atoms with Gasteiger partial charge in [0.15, 0.2) is 0 Å². The van der Waals surface area contributed by atoms with Gasteiger partial charge in [-0.15, -0.1) is 0 Å². The van der Waals surface area contributed by atoms with Gasteiger partial charge in [0, 0.05) is 12.5 Å². The topological polar surface area (TPSA) is 65.0 Å². The molecule has 1 aliphatic heterocycles. The van der Waals surface area contributed by atoms with Gasteiger partial charge >= 0.3 is 5.97 Å². The summed E-state index contributed by atoms with van der Waals surface area (Å²) in [5, 5.41) is 9.10. The quantitative estimate of drug-likeness (QED) is 0.357. The molecule has 0 aromatic carbocycles. The summed E-state index contributed by atoms with van der Waals surface area (Å²) in [7, 11) is 0. The van der Waals surface area contributed by atoms with Crippen molar-refractivity contribution in [1.82, 2.24) is 0 Å². The molecule has 1 saturated heterocycles. The van der Waals surface area contributed by atoms with Gasteiger partial charge in [-0.3, -0.25) is 4.79 Å². The molecule has 1 N–H and O–H groups in total. The molecule has 0 aromatic heterocycles. The van der Waals surface area contributed by atoms with E-state index in [4.69, 9.17) is 19.6 Å². The fourth-order valence-corrected chi connectivity index (χ4v) is 3.01. The second-order valence-corrected chi connectivity index (χ2v) is 6.44. The fourth-order valence-electron chi connectivity index (χ4n) is 3.01. The van der Waals surface area contributed by atoms with Crippen LogP contribution in [0.4, 0.5) is 0 Å². The van der Waals surface area contributed by atoms with E-state index in [1.54, 1.807) is 0 Å². The van der Waals surface area contributed by atoms with Crippen molar-refractivity contribution in [3.63, 3.8) is 0 Å². The smallest absolute Gasteiger partial charge is 0.308 e. The second kappa shape index (κ2) is 10.6. The predicted octanol–water partition coefficient (Wildman–Crippen LogP) is 4.63. The molecular weight excluding hydrogens is 308 g/mol. The predicted molar refractivity (Wildman–Crippen MR) is 93.4 cm³/mol. The summed E-state index contributed by atoms with van der Waals surface area (Å²) < 4.78 is 5.59. The highest BCUT2D eigenvalue weighted by Gasteiger charge is 2.46. The van der Waals surface area contributed by atoms with Crippen LogP contribution in [0, 0.1) is 5.92 Å². The van der Waals surface area contributed by atoms with Gasteiger partial charge in [0.1, 0.15) is 6.42 Å². The summed E-state index contributed by atoms with van der Waals surface area (Å²) in [5.74, 6) is -2.14. The lowest BCUT2D eigenvalue weighted by molar-refractivity contribution is -0.482. The Hall–Kier alpha value is -1.17. The number of ether oxygens (including phenoxy) is 1. The third-order valence-electron chi connectivity index (χ3n) is 4.28. The van der Waals surface area contributed by atoms with Crippen LogP contribution in [0.15, 0.2) is 23.8 Å². The average Bonchev–Trinajstić information content (AvgIpc) is 2.50. The van der Waals surface area contributed by atoms with Crippen LogP contribution in [0.1, 0.15) is 66.2 Å². The van der Waals surface area contributed by atoms with Crippen molar-refractivity contribution < 1.29 is 24.4 Å². The number of aliphatic carboxylic acids is 1. The number of carboxylic acid groups (broad SMARTS) is 1. The molecule has 0 radical (unpaired) electrons. The number of hydrogen-bond acceptors (Lipinski definition) is 4. The highest BCUT2D eigenvalue weighted by atomic mass is 17.2. The molecule has 1 rings (SSSR count). The molecule has 0 bridgehead atoms. The van der Waals surface area contributed by atoms with E-state index in [9.17, 15) is 4.79 Å². The maximum atomic E-state index is 11.1. The molecule has 0 amide bonds. The van der Waals surface area contributed by atoms with Crippen molar-refractivity contribution >= 4 is 5.97 Å². The van der Waals surface area contributed by atoms with Crippen molar-refractivity contribution in [3.8, 4) is 0 Å². The van der Waals surface area contributed by atoms with E-state index < -0.39 is 11.8 Å². The second-order valence-electron chi connectivity index (χ2n) is 6.44. The van der Waals surface area contributed by atoms with Crippen LogP contribution >= 0.6 is 0 Å². The van der Waals surface area contributed by atoms with Gasteiger partial charge in [-0.2, -0.15) is 4.89 Å². The van der Waals surface area contributed by atoms with Crippen LogP contribution in [0.2, 0.25) is 0 Å². The van der Waals surface area contributed by atoms with Crippen LogP contribution in [0.3, 0.4) is 0 Å². The molecule has 138 valence electrons. The number of unbranched alkanes of at least 4 members (excludes halogenated alkanes) is 1. The van der Waals surface area contributed by atoms with Crippen LogP contribution in [-0.2, 0) is 19.3 Å². The van der Waals surface area contributed by atoms with E-state index in [1.807, 2.05) is 13.8 Å². The van der Waals surface area contributed by atoms with Gasteiger partial charge in [0.25, 0.3) is 0 Å². The number of hydrogen-bond donors (Lipinski definition) is 1. The van der Waals surface area contributed by atoms with Crippen LogP contribution in [-0.4, -0.2) is 29.6 Å². The zero-order valence-corrected chi connectivity index (χ0v) is 15.4. The monoisotopic (exact) mass is 340 g/mol. The Labute approximate surface area is 145 Å². The van der Waals surface area contributed by atoms with Gasteiger partial charge in [-0.05, 0) is 46.0 Å². The fraction of sp³-hybridized carbons (Fsp3) is 0.737. The standard InChI is InChI=1S/C19H32O5/c1-5-10-15(3)11-8-7-9-12-17-13-16(4)19(22-6-2,24-23-17)14-18(20)21/h8,10-11,16-17H,5-7,9,12-14H2,1-4H3,(H,20,21). The summed E-state index contributed by atoms with van der Waals surface area (Å²) in [6.45, 7) is 8.42. The number of carbonyl (C=O) groups is 1. The Morgan fingerprint density at radius 1 is 1.42 bits per heavy atom. The molecule has 5 heteroatoms. The van der Waals surface area contributed by atoms with Gasteiger partial charge in [-0.25, -0.2) is 4.89 Å². The third-order valence-corrected chi connectivity index (χ3v) is 4.28. The zero-order chi connectivity index (χ0) is 18.0. The average molecular weight is 340 g/mol. The van der Waals surface area contributed by atoms with E-state index in [0.717, 1.165) is 32.1 Å². The van der Waals surface area contributed by atoms with Gasteiger partial charge in [0.05, 0.1) is 6.10 Å². The molecule has 0 saturated carbocycles. The Kier molecular flexibility index (Phi) is 9.26. The molecule has 0 spiro atoms. The minimum Gasteiger partial charge on any atom is -0.481 e. The summed E-state index contributed by atoms with van der Waals surface area (Å²) in [5.41, 5.74) is 1.29. The highest BCUT2D eigenvalue weighted by molar-refractivity contribution is 5.67. The lowest BCUT2D eigenvalue weighted by Gasteiger charge is -2.42. The first-order chi connectivity index (χ1) is 11.4. The van der Waals surface area contributed by atoms with Crippen molar-refractivity contribution in [3.05, 3.63) is 23.8 Å². The minimum absolute atomic E-state index is 0.0111. The van der Waals surface area contributed by atoms with Gasteiger partial charge in [-0.1, -0.05) is 37.6 Å². The Balaban J connectivity index is 2.42. The van der Waals surface area contributed by atoms with Crippen molar-refractivity contribution in [2.75, 3.05) is 6.61 Å². The Bertz CT molecular complexity index is 443. The number of carboxylic acids is 1. The SMILES string of the molecule is CCC=C(C)C=CCCCC1CC(C)C(CC(=O)O)(OCC)OO1. The summed E-state index contributed by atoms with van der Waals surface area (Å²) in [4.78, 5) is 22.0. The molecule has 0 aromatic rings. The number of rotatable bonds is 10. The molecule has 0 aliphatic carbocycles. The van der Waals surface area contributed by atoms with E-state index >= 15 is 0 Å². The first kappa shape index (κ1) is 20.9. The molecule has 1 heterocycles. The molecule has 5 nitrogen and oxygen atoms in total. The van der Waals surface area contributed by atoms with Crippen molar-refractivity contribution in [2.45, 2.75) is 78.1 Å². The van der Waals surface area contributed by atoms with E-state index in [1.165, 1.54) is 5.57 Å². The maximum Gasteiger partial charge on any atom is 0.308 e. The molecular formula is C19H32O5. The van der Waals surface area contributed by atoms with E-state index in [-0.39, 0.29) is 18.4 Å². The summed E-state index contributed by atoms with van der Waals surface area (Å²) >= 11 is 0. The zero-order valence-electron chi connectivity index (χ0n) is 15.4. The first-order valence-electron chi connectivity index (χ1n) is 8.97. The highest BCUT2D eigenvalue weighted by Crippen LogP contribution is 2.37. The maximum absolute atomic E-state index is 11.1. The van der Waals surface area contributed by atoms with Crippen LogP contribution in [0.25, 0.3) is 0 Å². The molecule has 3 unspecified atom stereocenters. The third kappa shape index (κ3) is 6.75. The van der Waals surface area contributed by atoms with E-state index in [0.29, 0.717) is 6.61 Å². The van der Waals surface area contributed by atoms with Crippen molar-refractivity contribution in [2.24, 2.45) is 5.92 Å². The first-order valence-corrected chi connectivity index (χ1v) is 8.97.